The van der Waals surface area contributed by atoms with Crippen molar-refractivity contribution in [2.24, 2.45) is 0 Å². The van der Waals surface area contributed by atoms with Crippen molar-refractivity contribution < 1.29 is 13.9 Å². The third-order valence-corrected chi connectivity index (χ3v) is 2.88. The monoisotopic (exact) mass is 303 g/mol. The minimum Gasteiger partial charge on any atom is -0.497 e. The van der Waals surface area contributed by atoms with Crippen LogP contribution in [0.4, 0.5) is 0 Å². The van der Waals surface area contributed by atoms with Crippen LogP contribution in [-0.2, 0) is 11.2 Å². The van der Waals surface area contributed by atoms with Gasteiger partial charge in [-0.15, -0.1) is 10.2 Å². The fraction of sp³-hybridized carbons (Fsp3) is 0.438. The zero-order valence-corrected chi connectivity index (χ0v) is 13.3. The standard InChI is InChI=1S/C16H21N3O3/c1-16(2,3)17-13(20)9-10-14-18-19-15(22-14)11-5-7-12(21-4)8-6-11/h5-8H,9-10H2,1-4H3,(H,17,20). The van der Waals surface area contributed by atoms with Crippen molar-refractivity contribution in [3.05, 3.63) is 30.2 Å². The molecule has 22 heavy (non-hydrogen) atoms. The maximum absolute atomic E-state index is 11.8. The molecule has 2 rings (SSSR count). The Hall–Kier alpha value is -2.37. The van der Waals surface area contributed by atoms with Crippen LogP contribution < -0.4 is 10.1 Å². The Morgan fingerprint density at radius 2 is 1.91 bits per heavy atom. The first kappa shape index (κ1) is 16.0. The van der Waals surface area contributed by atoms with Crippen LogP contribution in [0.15, 0.2) is 28.7 Å². The van der Waals surface area contributed by atoms with Crippen LogP contribution >= 0.6 is 0 Å². The Bertz CT molecular complexity index is 627. The van der Waals surface area contributed by atoms with Gasteiger partial charge in [0, 0.05) is 23.9 Å². The van der Waals surface area contributed by atoms with E-state index in [-0.39, 0.29) is 11.4 Å². The molecular formula is C16H21N3O3. The second-order valence-corrected chi connectivity index (χ2v) is 6.03. The first-order chi connectivity index (χ1) is 10.4. The predicted octanol–water partition coefficient (Wildman–Crippen LogP) is 2.59. The second kappa shape index (κ2) is 6.60. The predicted molar refractivity (Wildman–Crippen MR) is 82.5 cm³/mol. The largest absolute Gasteiger partial charge is 0.497 e. The SMILES string of the molecule is COc1ccc(-c2nnc(CCC(=O)NC(C)(C)C)o2)cc1. The number of amides is 1. The Labute approximate surface area is 129 Å². The van der Waals surface area contributed by atoms with Crippen LogP contribution in [0.3, 0.4) is 0 Å². The number of hydrogen-bond acceptors (Lipinski definition) is 5. The van der Waals surface area contributed by atoms with Crippen LogP contribution in [0.2, 0.25) is 0 Å². The van der Waals surface area contributed by atoms with Gasteiger partial charge in [-0.3, -0.25) is 4.79 Å². The number of ether oxygens (including phenoxy) is 1. The average Bonchev–Trinajstić information content (AvgIpc) is 2.92. The molecule has 0 aliphatic heterocycles. The lowest BCUT2D eigenvalue weighted by Gasteiger charge is -2.20. The normalized spacial score (nSPS) is 11.3. The fourth-order valence-corrected chi connectivity index (χ4v) is 1.91. The molecular weight excluding hydrogens is 282 g/mol. The van der Waals surface area contributed by atoms with Gasteiger partial charge in [0.05, 0.1) is 7.11 Å². The molecule has 0 atom stereocenters. The summed E-state index contributed by atoms with van der Waals surface area (Å²) in [5.41, 5.74) is 0.582. The van der Waals surface area contributed by atoms with Crippen LogP contribution in [0.5, 0.6) is 5.75 Å². The van der Waals surface area contributed by atoms with E-state index in [4.69, 9.17) is 9.15 Å². The van der Waals surface area contributed by atoms with Crippen molar-refractivity contribution in [3.8, 4) is 17.2 Å². The van der Waals surface area contributed by atoms with Gasteiger partial charge >= 0.3 is 0 Å². The molecule has 0 unspecified atom stereocenters. The van der Waals surface area contributed by atoms with E-state index >= 15 is 0 Å². The van der Waals surface area contributed by atoms with Crippen molar-refractivity contribution in [2.75, 3.05) is 7.11 Å². The maximum atomic E-state index is 11.8. The number of aryl methyl sites for hydroxylation is 1. The summed E-state index contributed by atoms with van der Waals surface area (Å²) in [6.07, 6.45) is 0.743. The molecule has 0 radical (unpaired) electrons. The van der Waals surface area contributed by atoms with E-state index in [1.165, 1.54) is 0 Å². The highest BCUT2D eigenvalue weighted by atomic mass is 16.5. The van der Waals surface area contributed by atoms with E-state index in [9.17, 15) is 4.79 Å². The average molecular weight is 303 g/mol. The van der Waals surface area contributed by atoms with Gasteiger partial charge in [-0.05, 0) is 45.0 Å². The summed E-state index contributed by atoms with van der Waals surface area (Å²) in [4.78, 5) is 11.8. The number of nitrogens with one attached hydrogen (secondary N) is 1. The maximum Gasteiger partial charge on any atom is 0.247 e. The lowest BCUT2D eigenvalue weighted by Crippen LogP contribution is -2.40. The van der Waals surface area contributed by atoms with Crippen molar-refractivity contribution in [3.63, 3.8) is 0 Å². The Morgan fingerprint density at radius 1 is 1.23 bits per heavy atom. The number of benzene rings is 1. The smallest absolute Gasteiger partial charge is 0.247 e. The third-order valence-electron chi connectivity index (χ3n) is 2.88. The molecule has 1 N–H and O–H groups in total. The summed E-state index contributed by atoms with van der Waals surface area (Å²) in [6.45, 7) is 5.83. The number of methoxy groups -OCH3 is 1. The highest BCUT2D eigenvalue weighted by Crippen LogP contribution is 2.21. The number of aromatic nitrogens is 2. The lowest BCUT2D eigenvalue weighted by molar-refractivity contribution is -0.122. The minimum atomic E-state index is -0.236. The van der Waals surface area contributed by atoms with E-state index in [1.807, 2.05) is 45.0 Å². The second-order valence-electron chi connectivity index (χ2n) is 6.03. The molecule has 0 bridgehead atoms. The van der Waals surface area contributed by atoms with Gasteiger partial charge in [0.15, 0.2) is 0 Å². The van der Waals surface area contributed by atoms with Crippen LogP contribution in [0.1, 0.15) is 33.1 Å². The highest BCUT2D eigenvalue weighted by Gasteiger charge is 2.15. The Kier molecular flexibility index (Phi) is 4.80. The molecule has 0 aliphatic carbocycles. The topological polar surface area (TPSA) is 77.2 Å². The number of nitrogens with zero attached hydrogens (tertiary/aromatic N) is 2. The van der Waals surface area contributed by atoms with Crippen molar-refractivity contribution in [1.82, 2.24) is 15.5 Å². The van der Waals surface area contributed by atoms with E-state index in [0.29, 0.717) is 24.6 Å². The van der Waals surface area contributed by atoms with Gasteiger partial charge in [-0.2, -0.15) is 0 Å². The zero-order valence-electron chi connectivity index (χ0n) is 13.3. The summed E-state index contributed by atoms with van der Waals surface area (Å²) < 4.78 is 10.7. The Balaban J connectivity index is 1.95. The number of hydrogen-bond donors (Lipinski definition) is 1. The molecule has 0 aliphatic rings. The fourth-order valence-electron chi connectivity index (χ4n) is 1.91. The summed E-state index contributed by atoms with van der Waals surface area (Å²) in [7, 11) is 1.61. The summed E-state index contributed by atoms with van der Waals surface area (Å²) in [5, 5.41) is 10.9. The van der Waals surface area contributed by atoms with Crippen molar-refractivity contribution in [2.45, 2.75) is 39.2 Å². The molecule has 1 aromatic carbocycles. The van der Waals surface area contributed by atoms with E-state index in [2.05, 4.69) is 15.5 Å². The molecule has 0 saturated carbocycles. The van der Waals surface area contributed by atoms with E-state index < -0.39 is 0 Å². The van der Waals surface area contributed by atoms with Gasteiger partial charge < -0.3 is 14.5 Å². The van der Waals surface area contributed by atoms with Gasteiger partial charge in [0.2, 0.25) is 17.7 Å². The number of carbonyl (C=O) groups excluding carboxylic acids is 1. The molecule has 2 aromatic rings. The molecule has 1 heterocycles. The van der Waals surface area contributed by atoms with E-state index in [1.54, 1.807) is 7.11 Å². The summed E-state index contributed by atoms with van der Waals surface area (Å²) in [5.74, 6) is 1.63. The third kappa shape index (κ3) is 4.58. The molecule has 118 valence electrons. The first-order valence-corrected chi connectivity index (χ1v) is 7.15. The van der Waals surface area contributed by atoms with Gasteiger partial charge in [0.25, 0.3) is 0 Å². The minimum absolute atomic E-state index is 0.0308. The van der Waals surface area contributed by atoms with Crippen LogP contribution in [-0.4, -0.2) is 28.8 Å². The molecule has 1 aromatic heterocycles. The molecule has 0 fully saturated rings. The van der Waals surface area contributed by atoms with Gasteiger partial charge in [0.1, 0.15) is 5.75 Å². The first-order valence-electron chi connectivity index (χ1n) is 7.15. The van der Waals surface area contributed by atoms with Gasteiger partial charge in [-0.1, -0.05) is 0 Å². The highest BCUT2D eigenvalue weighted by molar-refractivity contribution is 5.76. The summed E-state index contributed by atoms with van der Waals surface area (Å²) in [6, 6.07) is 7.36. The Morgan fingerprint density at radius 3 is 2.50 bits per heavy atom. The molecule has 6 nitrogen and oxygen atoms in total. The van der Waals surface area contributed by atoms with Crippen molar-refractivity contribution >= 4 is 5.91 Å². The quantitative estimate of drug-likeness (QED) is 0.918. The molecule has 6 heteroatoms. The van der Waals surface area contributed by atoms with Crippen LogP contribution in [0.25, 0.3) is 11.5 Å². The van der Waals surface area contributed by atoms with Gasteiger partial charge in [-0.25, -0.2) is 0 Å². The molecule has 1 amide bonds. The summed E-state index contributed by atoms with van der Waals surface area (Å²) >= 11 is 0. The molecule has 0 saturated heterocycles. The zero-order chi connectivity index (χ0) is 16.2. The lowest BCUT2D eigenvalue weighted by atomic mass is 10.1. The van der Waals surface area contributed by atoms with E-state index in [0.717, 1.165) is 11.3 Å². The van der Waals surface area contributed by atoms with Crippen LogP contribution in [0, 0.1) is 0 Å². The number of carbonyl (C=O) groups is 1. The molecule has 0 spiro atoms. The van der Waals surface area contributed by atoms with Crippen molar-refractivity contribution in [1.29, 1.82) is 0 Å². The number of rotatable bonds is 5.